The third-order valence-electron chi connectivity index (χ3n) is 3.11. The molecule has 2 aromatic heterocycles. The van der Waals surface area contributed by atoms with Crippen LogP contribution in [0.25, 0.3) is 0 Å². The van der Waals surface area contributed by atoms with Crippen LogP contribution < -0.4 is 10.1 Å². The number of nitrogens with zero attached hydrogens (tertiary/aromatic N) is 3. The normalized spacial score (nSPS) is 10.8. The molecule has 5 nitrogen and oxygen atoms in total. The number of ether oxygens (including phenoxy) is 1. The molecule has 0 aromatic carbocycles. The molecule has 0 saturated carbocycles. The van der Waals surface area contributed by atoms with Crippen LogP contribution in [0.5, 0.6) is 11.6 Å². The second-order valence-corrected chi connectivity index (χ2v) is 5.21. The molecular formula is C16H22N4O. The van der Waals surface area contributed by atoms with E-state index in [9.17, 15) is 0 Å². The minimum atomic E-state index is 0.238. The summed E-state index contributed by atoms with van der Waals surface area (Å²) < 4.78 is 5.94. The highest BCUT2D eigenvalue weighted by atomic mass is 16.5. The lowest BCUT2D eigenvalue weighted by Gasteiger charge is -2.12. The SMILES string of the molecule is CCc1nc(C)ccc1Oc1cc(NC)nc(C(C)C)n1. The van der Waals surface area contributed by atoms with Crippen LogP contribution in [0.3, 0.4) is 0 Å². The van der Waals surface area contributed by atoms with Gasteiger partial charge in [0.15, 0.2) is 5.75 Å². The van der Waals surface area contributed by atoms with E-state index in [1.165, 1.54) is 0 Å². The minimum absolute atomic E-state index is 0.238. The highest BCUT2D eigenvalue weighted by Crippen LogP contribution is 2.26. The third-order valence-corrected chi connectivity index (χ3v) is 3.11. The first kappa shape index (κ1) is 15.2. The number of hydrogen-bond donors (Lipinski definition) is 1. The van der Waals surface area contributed by atoms with E-state index in [-0.39, 0.29) is 5.92 Å². The first-order valence-electron chi connectivity index (χ1n) is 7.24. The van der Waals surface area contributed by atoms with Gasteiger partial charge in [0, 0.05) is 24.7 Å². The van der Waals surface area contributed by atoms with Crippen LogP contribution in [0.1, 0.15) is 43.9 Å². The molecule has 5 heteroatoms. The lowest BCUT2D eigenvalue weighted by molar-refractivity contribution is 0.449. The number of pyridine rings is 1. The van der Waals surface area contributed by atoms with Crippen molar-refractivity contribution in [3.63, 3.8) is 0 Å². The maximum atomic E-state index is 5.94. The number of anilines is 1. The fourth-order valence-corrected chi connectivity index (χ4v) is 1.94. The van der Waals surface area contributed by atoms with Gasteiger partial charge in [-0.1, -0.05) is 20.8 Å². The molecule has 0 unspecified atom stereocenters. The molecule has 1 N–H and O–H groups in total. The molecule has 2 heterocycles. The Morgan fingerprint density at radius 1 is 1.19 bits per heavy atom. The average Bonchev–Trinajstić information content (AvgIpc) is 2.48. The second-order valence-electron chi connectivity index (χ2n) is 5.21. The summed E-state index contributed by atoms with van der Waals surface area (Å²) in [7, 11) is 1.83. The summed E-state index contributed by atoms with van der Waals surface area (Å²) in [5.74, 6) is 3.04. The van der Waals surface area contributed by atoms with Gasteiger partial charge in [-0.15, -0.1) is 0 Å². The van der Waals surface area contributed by atoms with Crippen molar-refractivity contribution in [3.8, 4) is 11.6 Å². The van der Waals surface area contributed by atoms with Crippen molar-refractivity contribution in [1.82, 2.24) is 15.0 Å². The molecule has 0 aliphatic rings. The van der Waals surface area contributed by atoms with E-state index in [4.69, 9.17) is 4.74 Å². The molecule has 0 spiro atoms. The van der Waals surface area contributed by atoms with Gasteiger partial charge in [-0.05, 0) is 25.5 Å². The standard InChI is InChI=1S/C16H22N4O/c1-6-12-13(8-7-11(4)18-12)21-15-9-14(17-5)19-16(20-15)10(2)3/h7-10H,6H2,1-5H3,(H,17,19,20). The van der Waals surface area contributed by atoms with Crippen LogP contribution >= 0.6 is 0 Å². The topological polar surface area (TPSA) is 59.9 Å². The zero-order valence-electron chi connectivity index (χ0n) is 13.3. The van der Waals surface area contributed by atoms with Crippen LogP contribution in [0.2, 0.25) is 0 Å². The predicted molar refractivity (Wildman–Crippen MR) is 84.1 cm³/mol. The van der Waals surface area contributed by atoms with E-state index in [1.807, 2.05) is 26.1 Å². The monoisotopic (exact) mass is 286 g/mol. The summed E-state index contributed by atoms with van der Waals surface area (Å²) in [6.07, 6.45) is 0.817. The summed E-state index contributed by atoms with van der Waals surface area (Å²) >= 11 is 0. The molecule has 0 amide bonds. The lowest BCUT2D eigenvalue weighted by atomic mass is 10.2. The first-order chi connectivity index (χ1) is 10.0. The number of hydrogen-bond acceptors (Lipinski definition) is 5. The van der Waals surface area contributed by atoms with Gasteiger partial charge in [-0.3, -0.25) is 4.98 Å². The van der Waals surface area contributed by atoms with E-state index >= 15 is 0 Å². The molecule has 2 rings (SSSR count). The number of nitrogens with one attached hydrogen (secondary N) is 1. The highest BCUT2D eigenvalue weighted by Gasteiger charge is 2.11. The van der Waals surface area contributed by atoms with Crippen molar-refractivity contribution in [2.24, 2.45) is 0 Å². The van der Waals surface area contributed by atoms with Crippen LogP contribution in [-0.4, -0.2) is 22.0 Å². The van der Waals surface area contributed by atoms with E-state index in [0.717, 1.165) is 35.2 Å². The van der Waals surface area contributed by atoms with E-state index in [1.54, 1.807) is 6.07 Å². The third kappa shape index (κ3) is 3.68. The quantitative estimate of drug-likeness (QED) is 0.908. The van der Waals surface area contributed by atoms with E-state index < -0.39 is 0 Å². The molecule has 0 bridgehead atoms. The van der Waals surface area contributed by atoms with Gasteiger partial charge < -0.3 is 10.1 Å². The van der Waals surface area contributed by atoms with Crippen LogP contribution in [0.4, 0.5) is 5.82 Å². The smallest absolute Gasteiger partial charge is 0.224 e. The van der Waals surface area contributed by atoms with Gasteiger partial charge in [-0.2, -0.15) is 4.98 Å². The van der Waals surface area contributed by atoms with Gasteiger partial charge in [0.1, 0.15) is 11.6 Å². The van der Waals surface area contributed by atoms with Crippen LogP contribution in [0, 0.1) is 6.92 Å². The molecule has 0 atom stereocenters. The van der Waals surface area contributed by atoms with Crippen molar-refractivity contribution < 1.29 is 4.74 Å². The summed E-state index contributed by atoms with van der Waals surface area (Å²) in [6.45, 7) is 8.16. The Labute approximate surface area is 125 Å². The summed E-state index contributed by atoms with van der Waals surface area (Å²) in [6, 6.07) is 5.68. The Bertz CT molecular complexity index is 626. The Balaban J connectivity index is 2.37. The number of aromatic nitrogens is 3. The molecule has 0 aliphatic heterocycles. The summed E-state index contributed by atoms with van der Waals surface area (Å²) in [5, 5.41) is 3.04. The fourth-order valence-electron chi connectivity index (χ4n) is 1.94. The molecule has 0 radical (unpaired) electrons. The van der Waals surface area contributed by atoms with Crippen LogP contribution in [0.15, 0.2) is 18.2 Å². The minimum Gasteiger partial charge on any atom is -0.437 e. The Morgan fingerprint density at radius 2 is 1.95 bits per heavy atom. The Hall–Kier alpha value is -2.17. The maximum Gasteiger partial charge on any atom is 0.224 e. The molecule has 112 valence electrons. The van der Waals surface area contributed by atoms with Crippen molar-refractivity contribution in [3.05, 3.63) is 35.4 Å². The maximum absolute atomic E-state index is 5.94. The first-order valence-corrected chi connectivity index (χ1v) is 7.24. The zero-order valence-corrected chi connectivity index (χ0v) is 13.3. The van der Waals surface area contributed by atoms with Gasteiger partial charge in [-0.25, -0.2) is 4.98 Å². The van der Waals surface area contributed by atoms with Crippen molar-refractivity contribution in [2.45, 2.75) is 40.0 Å². The largest absolute Gasteiger partial charge is 0.437 e. The van der Waals surface area contributed by atoms with Gasteiger partial charge in [0.2, 0.25) is 5.88 Å². The van der Waals surface area contributed by atoms with E-state index in [2.05, 4.69) is 41.0 Å². The van der Waals surface area contributed by atoms with Crippen LogP contribution in [-0.2, 0) is 6.42 Å². The Kier molecular flexibility index (Phi) is 4.73. The fraction of sp³-hybridized carbons (Fsp3) is 0.438. The summed E-state index contributed by atoms with van der Waals surface area (Å²) in [4.78, 5) is 13.4. The lowest BCUT2D eigenvalue weighted by Crippen LogP contribution is -2.04. The van der Waals surface area contributed by atoms with Gasteiger partial charge in [0.25, 0.3) is 0 Å². The van der Waals surface area contributed by atoms with Gasteiger partial charge in [0.05, 0.1) is 5.69 Å². The Morgan fingerprint density at radius 3 is 2.57 bits per heavy atom. The molecule has 2 aromatic rings. The summed E-state index contributed by atoms with van der Waals surface area (Å²) in [5.41, 5.74) is 1.92. The van der Waals surface area contributed by atoms with Crippen molar-refractivity contribution in [2.75, 3.05) is 12.4 Å². The van der Waals surface area contributed by atoms with Crippen molar-refractivity contribution >= 4 is 5.82 Å². The molecule has 0 saturated heterocycles. The van der Waals surface area contributed by atoms with Crippen molar-refractivity contribution in [1.29, 1.82) is 0 Å². The molecule has 0 fully saturated rings. The zero-order chi connectivity index (χ0) is 15.4. The van der Waals surface area contributed by atoms with E-state index in [0.29, 0.717) is 5.88 Å². The van der Waals surface area contributed by atoms with Gasteiger partial charge >= 0.3 is 0 Å². The predicted octanol–water partition coefficient (Wildman–Crippen LogP) is 3.70. The highest BCUT2D eigenvalue weighted by molar-refractivity contribution is 5.40. The molecule has 0 aliphatic carbocycles. The number of aryl methyl sites for hydroxylation is 2. The number of rotatable bonds is 5. The molecular weight excluding hydrogens is 264 g/mol. The average molecular weight is 286 g/mol. The second kappa shape index (κ2) is 6.52. The molecule has 21 heavy (non-hydrogen) atoms.